The Balaban J connectivity index is 3.48. The van der Waals surface area contributed by atoms with E-state index in [2.05, 4.69) is 17.6 Å². The van der Waals surface area contributed by atoms with Crippen LogP contribution in [0.5, 0.6) is 0 Å². The molecule has 0 fully saturated rings. The molecular weight excluding hydrogens is 146 g/mol. The van der Waals surface area contributed by atoms with Gasteiger partial charge in [-0.2, -0.15) is 12.6 Å². The number of hydrogen-bond donors (Lipinski definition) is 2. The number of aliphatic imine (C=N–C) groups is 1. The summed E-state index contributed by atoms with van der Waals surface area (Å²) in [7, 11) is 3.75. The van der Waals surface area contributed by atoms with Crippen molar-refractivity contribution in [3.05, 3.63) is 0 Å². The van der Waals surface area contributed by atoms with Gasteiger partial charge in [-0.15, -0.1) is 0 Å². The van der Waals surface area contributed by atoms with Crippen LogP contribution in [0.25, 0.3) is 0 Å². The van der Waals surface area contributed by atoms with Gasteiger partial charge in [-0.25, -0.2) is 0 Å². The summed E-state index contributed by atoms with van der Waals surface area (Å²) in [4.78, 5) is 5.88. The molecule has 0 atom stereocenters. The Kier molecular flexibility index (Phi) is 5.20. The summed E-state index contributed by atoms with van der Waals surface area (Å²) in [6.07, 6.45) is 0.984. The Labute approximate surface area is 67.7 Å². The van der Waals surface area contributed by atoms with Crippen LogP contribution in [0.15, 0.2) is 4.99 Å². The van der Waals surface area contributed by atoms with E-state index in [9.17, 15) is 0 Å². The lowest BCUT2D eigenvalue weighted by molar-refractivity contribution is 0.609. The molecular formula is C6H15N3S. The van der Waals surface area contributed by atoms with Crippen LogP contribution in [-0.2, 0) is 0 Å². The van der Waals surface area contributed by atoms with E-state index in [-0.39, 0.29) is 0 Å². The molecule has 0 amide bonds. The Bertz CT molecular complexity index is 112. The van der Waals surface area contributed by atoms with Gasteiger partial charge in [0.25, 0.3) is 0 Å². The van der Waals surface area contributed by atoms with Crippen molar-refractivity contribution in [2.75, 3.05) is 26.4 Å². The number of thiol groups is 1. The molecule has 0 aromatic carbocycles. The molecule has 0 heterocycles. The fraction of sp³-hybridized carbons (Fsp3) is 0.833. The number of rotatable bonds is 3. The predicted octanol–water partition coefficient (Wildman–Crippen LogP) is 0.183. The van der Waals surface area contributed by atoms with E-state index in [1.54, 1.807) is 4.90 Å². The van der Waals surface area contributed by atoms with Crippen molar-refractivity contribution in [2.24, 2.45) is 10.7 Å². The van der Waals surface area contributed by atoms with E-state index in [0.29, 0.717) is 5.96 Å². The highest BCUT2D eigenvalue weighted by atomic mass is 32.1. The van der Waals surface area contributed by atoms with Gasteiger partial charge in [0.15, 0.2) is 5.96 Å². The second-order valence-electron chi connectivity index (χ2n) is 2.21. The maximum atomic E-state index is 5.51. The molecule has 3 nitrogen and oxygen atoms in total. The van der Waals surface area contributed by atoms with Crippen LogP contribution >= 0.6 is 12.6 Å². The molecule has 0 bridgehead atoms. The number of hydrogen-bond acceptors (Lipinski definition) is 2. The molecule has 60 valence electrons. The molecule has 0 spiro atoms. The van der Waals surface area contributed by atoms with E-state index < -0.39 is 0 Å². The lowest BCUT2D eigenvalue weighted by Crippen LogP contribution is -2.30. The summed E-state index contributed by atoms with van der Waals surface area (Å²) in [6, 6.07) is 0. The fourth-order valence-electron chi connectivity index (χ4n) is 0.406. The van der Waals surface area contributed by atoms with Crippen LogP contribution in [0.3, 0.4) is 0 Å². The van der Waals surface area contributed by atoms with Gasteiger partial charge in [0.05, 0.1) is 0 Å². The highest BCUT2D eigenvalue weighted by molar-refractivity contribution is 7.80. The second kappa shape index (κ2) is 5.41. The quantitative estimate of drug-likeness (QED) is 0.268. The van der Waals surface area contributed by atoms with Crippen LogP contribution in [0.2, 0.25) is 0 Å². The van der Waals surface area contributed by atoms with Crippen molar-refractivity contribution < 1.29 is 0 Å². The van der Waals surface area contributed by atoms with Crippen LogP contribution in [0, 0.1) is 0 Å². The molecule has 0 aromatic heterocycles. The summed E-state index contributed by atoms with van der Waals surface area (Å²) in [5.41, 5.74) is 5.51. The molecule has 2 N–H and O–H groups in total. The molecule has 0 aromatic rings. The van der Waals surface area contributed by atoms with Gasteiger partial charge in [0, 0.05) is 20.6 Å². The number of guanidine groups is 1. The lowest BCUT2D eigenvalue weighted by Gasteiger charge is -2.09. The van der Waals surface area contributed by atoms with E-state index >= 15 is 0 Å². The molecule has 0 aliphatic carbocycles. The maximum absolute atomic E-state index is 5.51. The third-order valence-corrected chi connectivity index (χ3v) is 1.36. The topological polar surface area (TPSA) is 41.6 Å². The SMILES string of the molecule is CN(C)C(N)=NCCCS. The van der Waals surface area contributed by atoms with E-state index in [4.69, 9.17) is 5.73 Å². The monoisotopic (exact) mass is 161 g/mol. The van der Waals surface area contributed by atoms with Crippen molar-refractivity contribution >= 4 is 18.6 Å². The molecule has 4 heteroatoms. The first-order chi connectivity index (χ1) is 4.68. The minimum Gasteiger partial charge on any atom is -0.370 e. The third kappa shape index (κ3) is 4.49. The molecule has 10 heavy (non-hydrogen) atoms. The molecule has 0 saturated carbocycles. The molecule has 0 radical (unpaired) electrons. The third-order valence-electron chi connectivity index (χ3n) is 1.05. The maximum Gasteiger partial charge on any atom is 0.190 e. The Morgan fingerprint density at radius 2 is 2.20 bits per heavy atom. The first-order valence-electron chi connectivity index (χ1n) is 3.26. The largest absolute Gasteiger partial charge is 0.370 e. The van der Waals surface area contributed by atoms with E-state index in [1.165, 1.54) is 0 Å². The van der Waals surface area contributed by atoms with Gasteiger partial charge in [0.1, 0.15) is 0 Å². The van der Waals surface area contributed by atoms with E-state index in [0.717, 1.165) is 18.7 Å². The molecule has 0 aliphatic rings. The minimum atomic E-state index is 0.585. The van der Waals surface area contributed by atoms with Crippen molar-refractivity contribution in [1.82, 2.24) is 4.90 Å². The minimum absolute atomic E-state index is 0.585. The summed E-state index contributed by atoms with van der Waals surface area (Å²) in [6.45, 7) is 0.771. The summed E-state index contributed by atoms with van der Waals surface area (Å²) >= 11 is 4.05. The van der Waals surface area contributed by atoms with Crippen molar-refractivity contribution in [3.8, 4) is 0 Å². The van der Waals surface area contributed by atoms with Crippen LogP contribution in [0.1, 0.15) is 6.42 Å². The Hall–Kier alpha value is -0.380. The van der Waals surface area contributed by atoms with Gasteiger partial charge < -0.3 is 10.6 Å². The first-order valence-corrected chi connectivity index (χ1v) is 3.90. The Morgan fingerprint density at radius 3 is 2.60 bits per heavy atom. The Morgan fingerprint density at radius 1 is 1.60 bits per heavy atom. The second-order valence-corrected chi connectivity index (χ2v) is 2.66. The van der Waals surface area contributed by atoms with E-state index in [1.807, 2.05) is 14.1 Å². The zero-order valence-electron chi connectivity index (χ0n) is 6.54. The summed E-state index contributed by atoms with van der Waals surface area (Å²) < 4.78 is 0. The molecule has 0 rings (SSSR count). The van der Waals surface area contributed by atoms with Crippen LogP contribution in [0.4, 0.5) is 0 Å². The van der Waals surface area contributed by atoms with Crippen LogP contribution in [-0.4, -0.2) is 37.3 Å². The fourth-order valence-corrected chi connectivity index (χ4v) is 0.547. The molecule has 0 aliphatic heterocycles. The normalized spacial score (nSPS) is 11.7. The van der Waals surface area contributed by atoms with Gasteiger partial charge in [-0.3, -0.25) is 4.99 Å². The summed E-state index contributed by atoms with van der Waals surface area (Å²) in [5, 5.41) is 0. The highest BCUT2D eigenvalue weighted by Crippen LogP contribution is 1.85. The standard InChI is InChI=1S/C6H15N3S/c1-9(2)6(7)8-4-3-5-10/h10H,3-5H2,1-2H3,(H2,7,8). The van der Waals surface area contributed by atoms with Gasteiger partial charge >= 0.3 is 0 Å². The van der Waals surface area contributed by atoms with Crippen molar-refractivity contribution in [2.45, 2.75) is 6.42 Å². The van der Waals surface area contributed by atoms with Crippen LogP contribution < -0.4 is 5.73 Å². The van der Waals surface area contributed by atoms with Gasteiger partial charge in [0.2, 0.25) is 0 Å². The van der Waals surface area contributed by atoms with Crippen molar-refractivity contribution in [1.29, 1.82) is 0 Å². The van der Waals surface area contributed by atoms with Crippen molar-refractivity contribution in [3.63, 3.8) is 0 Å². The molecule has 0 unspecified atom stereocenters. The lowest BCUT2D eigenvalue weighted by atomic mass is 10.5. The average molecular weight is 161 g/mol. The number of nitrogens with two attached hydrogens (primary N) is 1. The first kappa shape index (κ1) is 9.62. The highest BCUT2D eigenvalue weighted by Gasteiger charge is 1.90. The predicted molar refractivity (Wildman–Crippen MR) is 48.6 cm³/mol. The average Bonchev–Trinajstić information content (AvgIpc) is 1.88. The molecule has 0 saturated heterocycles. The van der Waals surface area contributed by atoms with Gasteiger partial charge in [-0.1, -0.05) is 0 Å². The van der Waals surface area contributed by atoms with Gasteiger partial charge in [-0.05, 0) is 12.2 Å². The summed E-state index contributed by atoms with van der Waals surface area (Å²) in [5.74, 6) is 1.45. The zero-order chi connectivity index (χ0) is 7.98. The smallest absolute Gasteiger partial charge is 0.190 e. The zero-order valence-corrected chi connectivity index (χ0v) is 7.43. The number of nitrogens with zero attached hydrogens (tertiary/aromatic N) is 2.